The summed E-state index contributed by atoms with van der Waals surface area (Å²) in [4.78, 5) is 37.8. The molecule has 9 heteroatoms. The summed E-state index contributed by atoms with van der Waals surface area (Å²) in [6, 6.07) is 21.0. The summed E-state index contributed by atoms with van der Waals surface area (Å²) >= 11 is 0. The highest BCUT2D eigenvalue weighted by molar-refractivity contribution is 6.05. The molecule has 2 aliphatic rings. The SMILES string of the molecule is O=C(O)c1ccc(NC(=O)C2(NC(=O)c3ccc4c(C5CCCCC5)n(-c5ccccc5)nc4c3)CC(F)C2)cc1. The molecule has 0 aliphatic heterocycles. The van der Waals surface area contributed by atoms with Crippen LogP contribution in [0.1, 0.15) is 77.3 Å². The quantitative estimate of drug-likeness (QED) is 0.259. The van der Waals surface area contributed by atoms with Crippen molar-refractivity contribution in [3.05, 3.63) is 89.6 Å². The number of alkyl halides is 1. The van der Waals surface area contributed by atoms with Gasteiger partial charge in [-0.25, -0.2) is 13.9 Å². The number of carboxylic acids is 1. The van der Waals surface area contributed by atoms with Crippen molar-refractivity contribution in [2.24, 2.45) is 0 Å². The van der Waals surface area contributed by atoms with Gasteiger partial charge in [0.25, 0.3) is 5.91 Å². The van der Waals surface area contributed by atoms with E-state index >= 15 is 0 Å². The van der Waals surface area contributed by atoms with Crippen LogP contribution in [0.2, 0.25) is 0 Å². The largest absolute Gasteiger partial charge is 0.478 e. The van der Waals surface area contributed by atoms with Gasteiger partial charge < -0.3 is 15.7 Å². The van der Waals surface area contributed by atoms with Crippen LogP contribution in [0, 0.1) is 0 Å². The molecule has 2 fully saturated rings. The summed E-state index contributed by atoms with van der Waals surface area (Å²) in [7, 11) is 0. The fourth-order valence-electron chi connectivity index (χ4n) is 6.06. The van der Waals surface area contributed by atoms with Gasteiger partial charge in [0, 0.05) is 35.4 Å². The second-order valence-electron chi connectivity index (χ2n) is 11.1. The van der Waals surface area contributed by atoms with E-state index in [0.29, 0.717) is 22.7 Å². The van der Waals surface area contributed by atoms with Gasteiger partial charge >= 0.3 is 5.97 Å². The van der Waals surface area contributed by atoms with Gasteiger partial charge in [0.05, 0.1) is 22.5 Å². The zero-order chi connectivity index (χ0) is 28.6. The molecule has 41 heavy (non-hydrogen) atoms. The Bertz CT molecular complexity index is 1600. The summed E-state index contributed by atoms with van der Waals surface area (Å²) in [6.45, 7) is 0. The van der Waals surface area contributed by atoms with Gasteiger partial charge in [-0.1, -0.05) is 43.5 Å². The maximum Gasteiger partial charge on any atom is 0.335 e. The fourth-order valence-corrected chi connectivity index (χ4v) is 6.06. The number of nitrogens with zero attached hydrogens (tertiary/aromatic N) is 2. The number of carbonyl (C=O) groups excluding carboxylic acids is 2. The molecular weight excluding hydrogens is 523 g/mol. The number of hydrogen-bond donors (Lipinski definition) is 3. The Kier molecular flexibility index (Phi) is 7.03. The molecule has 1 heterocycles. The fraction of sp³-hybridized carbons (Fsp3) is 0.312. The number of amides is 2. The molecule has 210 valence electrons. The maximum absolute atomic E-state index is 14.1. The van der Waals surface area contributed by atoms with Crippen molar-refractivity contribution in [2.75, 3.05) is 5.32 Å². The number of anilines is 1. The number of para-hydroxylation sites is 1. The molecule has 0 radical (unpaired) electrons. The van der Waals surface area contributed by atoms with Crippen molar-refractivity contribution in [2.45, 2.75) is 62.6 Å². The summed E-state index contributed by atoms with van der Waals surface area (Å²) in [5, 5.41) is 20.5. The number of fused-ring (bicyclic) bond motifs is 1. The molecule has 0 atom stereocenters. The van der Waals surface area contributed by atoms with Crippen molar-refractivity contribution < 1.29 is 23.9 Å². The Morgan fingerprint density at radius 1 is 0.902 bits per heavy atom. The third-order valence-corrected chi connectivity index (χ3v) is 8.28. The van der Waals surface area contributed by atoms with E-state index in [0.717, 1.165) is 29.6 Å². The lowest BCUT2D eigenvalue weighted by Gasteiger charge is -2.43. The average molecular weight is 555 g/mol. The Morgan fingerprint density at radius 2 is 1.59 bits per heavy atom. The number of aromatic carboxylic acids is 1. The average Bonchev–Trinajstić information content (AvgIpc) is 3.36. The smallest absolute Gasteiger partial charge is 0.335 e. The van der Waals surface area contributed by atoms with E-state index in [9.17, 15) is 18.8 Å². The maximum atomic E-state index is 14.1. The molecule has 2 amide bonds. The Balaban J connectivity index is 1.27. The highest BCUT2D eigenvalue weighted by atomic mass is 19.1. The van der Waals surface area contributed by atoms with E-state index in [-0.39, 0.29) is 18.4 Å². The lowest BCUT2D eigenvalue weighted by Crippen LogP contribution is -2.65. The zero-order valence-electron chi connectivity index (χ0n) is 22.5. The Hall–Kier alpha value is -4.53. The van der Waals surface area contributed by atoms with E-state index in [4.69, 9.17) is 10.2 Å². The van der Waals surface area contributed by atoms with Crippen molar-refractivity contribution in [1.82, 2.24) is 15.1 Å². The Morgan fingerprint density at radius 3 is 2.24 bits per heavy atom. The van der Waals surface area contributed by atoms with Gasteiger partial charge in [-0.15, -0.1) is 0 Å². The zero-order valence-corrected chi connectivity index (χ0v) is 22.5. The van der Waals surface area contributed by atoms with Gasteiger partial charge in [0.1, 0.15) is 11.7 Å². The summed E-state index contributed by atoms with van der Waals surface area (Å²) in [6.07, 6.45) is 4.28. The molecule has 2 saturated carbocycles. The lowest BCUT2D eigenvalue weighted by molar-refractivity contribution is -0.128. The first-order valence-corrected chi connectivity index (χ1v) is 14.0. The van der Waals surface area contributed by atoms with Crippen LogP contribution in [0.25, 0.3) is 16.6 Å². The Labute approximate surface area is 236 Å². The summed E-state index contributed by atoms with van der Waals surface area (Å²) in [5.41, 5.74) is 2.18. The van der Waals surface area contributed by atoms with Crippen molar-refractivity contribution in [1.29, 1.82) is 0 Å². The number of carbonyl (C=O) groups is 3. The second-order valence-corrected chi connectivity index (χ2v) is 11.1. The third-order valence-electron chi connectivity index (χ3n) is 8.28. The van der Waals surface area contributed by atoms with Crippen molar-refractivity contribution in [3.8, 4) is 5.69 Å². The minimum atomic E-state index is -1.41. The van der Waals surface area contributed by atoms with Crippen LogP contribution >= 0.6 is 0 Å². The number of rotatable bonds is 7. The summed E-state index contributed by atoms with van der Waals surface area (Å²) < 4.78 is 16.1. The van der Waals surface area contributed by atoms with Gasteiger partial charge in [0.15, 0.2) is 0 Å². The molecule has 0 bridgehead atoms. The molecule has 8 nitrogen and oxygen atoms in total. The minimum Gasteiger partial charge on any atom is -0.478 e. The molecule has 0 saturated heterocycles. The normalized spacial score (nSPS) is 20.8. The number of halogens is 1. The molecule has 3 N–H and O–H groups in total. The van der Waals surface area contributed by atoms with Crippen LogP contribution in [0.15, 0.2) is 72.8 Å². The predicted octanol–water partition coefficient (Wildman–Crippen LogP) is 6.01. The lowest BCUT2D eigenvalue weighted by atomic mass is 9.74. The number of hydrogen-bond acceptors (Lipinski definition) is 4. The monoisotopic (exact) mass is 554 g/mol. The van der Waals surface area contributed by atoms with Crippen LogP contribution < -0.4 is 10.6 Å². The minimum absolute atomic E-state index is 0.0789. The van der Waals surface area contributed by atoms with Crippen LogP contribution in [-0.4, -0.2) is 44.4 Å². The standard InChI is InChI=1S/C32H31FN4O4/c33-23-18-32(19-23,31(41)34-24-14-11-21(12-15-24)30(39)40)35-29(38)22-13-16-26-27(17-22)36-37(25-9-5-2-6-10-25)28(26)20-7-3-1-4-8-20/h2,5-6,9-17,20,23H,1,3-4,7-8,18-19H2,(H,34,41)(H,35,38)(H,39,40). The molecule has 6 rings (SSSR count). The first kappa shape index (κ1) is 26.7. The molecule has 0 unspecified atom stereocenters. The van der Waals surface area contributed by atoms with Crippen molar-refractivity contribution >= 4 is 34.4 Å². The van der Waals surface area contributed by atoms with E-state index in [1.807, 2.05) is 41.1 Å². The molecule has 2 aliphatic carbocycles. The number of nitrogens with one attached hydrogen (secondary N) is 2. The molecular formula is C32H31FN4O4. The van der Waals surface area contributed by atoms with E-state index in [1.165, 1.54) is 43.5 Å². The number of aromatic nitrogens is 2. The molecule has 1 aromatic heterocycles. The van der Waals surface area contributed by atoms with Crippen LogP contribution in [0.4, 0.5) is 10.1 Å². The second kappa shape index (κ2) is 10.8. The van der Waals surface area contributed by atoms with E-state index < -0.39 is 29.5 Å². The molecule has 0 spiro atoms. The predicted molar refractivity (Wildman–Crippen MR) is 153 cm³/mol. The third kappa shape index (κ3) is 5.19. The first-order valence-electron chi connectivity index (χ1n) is 14.0. The van der Waals surface area contributed by atoms with E-state index in [1.54, 1.807) is 12.1 Å². The summed E-state index contributed by atoms with van der Waals surface area (Å²) in [5.74, 6) is -1.73. The van der Waals surface area contributed by atoms with Gasteiger partial charge in [-0.3, -0.25) is 9.59 Å². The van der Waals surface area contributed by atoms with Gasteiger partial charge in [0.2, 0.25) is 5.91 Å². The number of benzene rings is 3. The molecule has 3 aromatic carbocycles. The first-order chi connectivity index (χ1) is 19.8. The van der Waals surface area contributed by atoms with E-state index in [2.05, 4.69) is 10.6 Å². The highest BCUT2D eigenvalue weighted by Crippen LogP contribution is 2.39. The van der Waals surface area contributed by atoms with Gasteiger partial charge in [-0.05, 0) is 61.4 Å². The number of carboxylic acid groups (broad SMARTS) is 1. The van der Waals surface area contributed by atoms with Crippen LogP contribution in [-0.2, 0) is 4.79 Å². The highest BCUT2D eigenvalue weighted by Gasteiger charge is 2.52. The van der Waals surface area contributed by atoms with Gasteiger partial charge in [-0.2, -0.15) is 5.10 Å². The van der Waals surface area contributed by atoms with Crippen LogP contribution in [0.3, 0.4) is 0 Å². The topological polar surface area (TPSA) is 113 Å². The van der Waals surface area contributed by atoms with Crippen molar-refractivity contribution in [3.63, 3.8) is 0 Å². The molecule has 4 aromatic rings. The van der Waals surface area contributed by atoms with Crippen LogP contribution in [0.5, 0.6) is 0 Å².